The molecule has 9 N–H and O–H groups in total. The number of ether oxygens (including phenoxy) is 4. The van der Waals surface area contributed by atoms with Crippen LogP contribution < -0.4 is 37.6 Å². The topological polar surface area (TPSA) is 477 Å². The van der Waals surface area contributed by atoms with E-state index in [-0.39, 0.29) is 69.3 Å². The number of rotatable bonds is 33. The molecule has 0 spiro atoms. The predicted molar refractivity (Wildman–Crippen MR) is 399 cm³/mol. The summed E-state index contributed by atoms with van der Waals surface area (Å²) in [5.41, 5.74) is 5.64. The molecule has 36 heteroatoms. The summed E-state index contributed by atoms with van der Waals surface area (Å²) in [4.78, 5) is 236. The van der Waals surface area contributed by atoms with Crippen molar-refractivity contribution in [2.24, 2.45) is 41.2 Å². The maximum absolute atomic E-state index is 15.5. The highest BCUT2D eigenvalue weighted by Gasteiger charge is 2.48. The van der Waals surface area contributed by atoms with Crippen LogP contribution in [0, 0.1) is 35.5 Å². The van der Waals surface area contributed by atoms with Crippen LogP contribution in [0.15, 0.2) is 66.9 Å². The van der Waals surface area contributed by atoms with E-state index in [2.05, 4.69) is 38.5 Å². The van der Waals surface area contributed by atoms with Crippen LogP contribution in [0.1, 0.15) is 146 Å². The number of ketones is 2. The maximum atomic E-state index is 15.5. The summed E-state index contributed by atoms with van der Waals surface area (Å²) in [5, 5.41) is 15.2. The highest BCUT2D eigenvalue weighted by atomic mass is 31.2. The number of phosphoric acid groups is 1. The molecule has 0 saturated carbocycles. The molecule has 2 fully saturated rings. The number of benzene rings is 2. The lowest BCUT2D eigenvalue weighted by molar-refractivity contribution is -0.175. The molecular formula is C75H110N11O24P. The van der Waals surface area contributed by atoms with Gasteiger partial charge in [-0.1, -0.05) is 104 Å². The molecule has 35 nitrogen and oxygen atoms in total. The minimum atomic E-state index is -5.29. The number of phosphoric ester groups is 1. The van der Waals surface area contributed by atoms with Crippen molar-refractivity contribution in [3.63, 3.8) is 0 Å². The van der Waals surface area contributed by atoms with Crippen LogP contribution in [-0.4, -0.2) is 227 Å². The normalized spacial score (nSPS) is 22.5. The summed E-state index contributed by atoms with van der Waals surface area (Å²) in [6, 6.07) is 3.34. The first-order valence-electron chi connectivity index (χ1n) is 36.7. The Bertz CT molecular complexity index is 3760. The molecule has 2 aliphatic rings. The quantitative estimate of drug-likeness (QED) is 0.0127. The van der Waals surface area contributed by atoms with E-state index in [4.69, 9.17) is 33.7 Å². The van der Waals surface area contributed by atoms with E-state index in [0.29, 0.717) is 5.56 Å². The van der Waals surface area contributed by atoms with Gasteiger partial charge in [-0.15, -0.1) is 0 Å². The highest BCUT2D eigenvalue weighted by molar-refractivity contribution is 7.47. The summed E-state index contributed by atoms with van der Waals surface area (Å²) in [7, 11) is -0.639. The van der Waals surface area contributed by atoms with Gasteiger partial charge >= 0.3 is 31.8 Å². The van der Waals surface area contributed by atoms with Crippen molar-refractivity contribution in [1.29, 1.82) is 0 Å². The van der Waals surface area contributed by atoms with Gasteiger partial charge in [0.05, 0.1) is 30.8 Å². The molecule has 12 amide bonds. The van der Waals surface area contributed by atoms with Gasteiger partial charge in [0.1, 0.15) is 41.8 Å². The lowest BCUT2D eigenvalue weighted by atomic mass is 9.88. The Kier molecular flexibility index (Phi) is 36.3. The first kappa shape index (κ1) is 93.5. The number of likely N-dealkylation sites (N-methyl/N-ethyl adjacent to an activating group) is 3. The van der Waals surface area contributed by atoms with Crippen LogP contribution in [0.2, 0.25) is 0 Å². The summed E-state index contributed by atoms with van der Waals surface area (Å²) in [6.45, 7) is 21.6. The van der Waals surface area contributed by atoms with E-state index < -0.39 is 223 Å². The van der Waals surface area contributed by atoms with Gasteiger partial charge in [0.2, 0.25) is 47.3 Å². The second-order valence-electron chi connectivity index (χ2n) is 28.8. The number of hydrogen-bond donors (Lipinski definition) is 8. The van der Waals surface area contributed by atoms with Crippen molar-refractivity contribution in [1.82, 2.24) is 46.2 Å². The Balaban J connectivity index is 1.69. The van der Waals surface area contributed by atoms with Gasteiger partial charge in [-0.05, 0) is 81.5 Å². The van der Waals surface area contributed by atoms with Crippen LogP contribution in [-0.2, 0) is 118 Å². The lowest BCUT2D eigenvalue weighted by Gasteiger charge is -2.38. The third kappa shape index (κ3) is 27.6. The van der Waals surface area contributed by atoms with E-state index in [9.17, 15) is 76.6 Å². The first-order chi connectivity index (χ1) is 51.9. The van der Waals surface area contributed by atoms with Crippen LogP contribution in [0.25, 0.3) is 0 Å². The Morgan fingerprint density at radius 3 is 1.95 bits per heavy atom. The fourth-order valence-corrected chi connectivity index (χ4v) is 13.3. The summed E-state index contributed by atoms with van der Waals surface area (Å²) in [6.07, 6.45) is -9.66. The molecule has 4 rings (SSSR count). The zero-order valence-corrected chi connectivity index (χ0v) is 67.0. The monoisotopic (exact) mass is 1580 g/mol. The fraction of sp³-hybridized carbons (Fsp3) is 0.600. The number of anilines is 1. The Morgan fingerprint density at radius 2 is 1.41 bits per heavy atom. The molecule has 2 aliphatic heterocycles. The van der Waals surface area contributed by atoms with Gasteiger partial charge in [-0.25, -0.2) is 18.9 Å². The molecule has 2 heterocycles. The largest absolute Gasteiger partial charge is 0.472 e. The third-order valence-electron chi connectivity index (χ3n) is 19.1. The SMILES string of the molecule is C=C1C(=O)N[C@@H](C)C(=O)N(C)[C@@H](C)C(=O)N[C@@H]([C@H](OC(=O)[C@@H](CC(=O)CC)[C@H](OP(=O)(O)OCc2ccc(NC(=O)[C@H](CCCNC(N)=O)CC(=O)[C@@H](NC(=O)CCN3C(=O)CC(C)C3=O)C(C)C)cc2)C(C)C)C(C)C)C(=O)N(C)[C@@H]([C@@H](C)OC)C(=O)O[C@H](C)[C@H](NC(C)=O)C(=O)O[C@H](Cc2ccccc2)C(=O)N1C. The molecule has 2 aromatic rings. The van der Waals surface area contributed by atoms with Crippen molar-refractivity contribution < 1.29 is 114 Å². The number of primary amides is 1. The molecule has 2 saturated heterocycles. The van der Waals surface area contributed by atoms with E-state index in [0.717, 1.165) is 40.6 Å². The number of Topliss-reactive ketones (excluding diaryl/α,β-unsaturated/α-hetero) is 2. The van der Waals surface area contributed by atoms with Crippen molar-refractivity contribution in [3.8, 4) is 0 Å². The zero-order valence-electron chi connectivity index (χ0n) is 66.1. The smallest absolute Gasteiger partial charge is 0.459 e. The van der Waals surface area contributed by atoms with Gasteiger partial charge in [0.25, 0.3) is 11.8 Å². The number of urea groups is 1. The number of carbonyl (C=O) groups excluding carboxylic acids is 16. The Morgan fingerprint density at radius 1 is 0.775 bits per heavy atom. The second kappa shape index (κ2) is 43.1. The number of amides is 12. The number of cyclic esters (lactones) is 2. The van der Waals surface area contributed by atoms with Crippen LogP contribution in [0.3, 0.4) is 0 Å². The maximum Gasteiger partial charge on any atom is 0.472 e. The number of likely N-dealkylation sites (tertiary alicyclic amines) is 1. The summed E-state index contributed by atoms with van der Waals surface area (Å²) in [5.74, 6) is -18.6. The lowest BCUT2D eigenvalue weighted by Crippen LogP contribution is -2.63. The Labute approximate surface area is 646 Å². The molecule has 614 valence electrons. The van der Waals surface area contributed by atoms with Gasteiger partial charge < -0.3 is 76.2 Å². The van der Waals surface area contributed by atoms with Gasteiger partial charge in [0.15, 0.2) is 24.0 Å². The standard InChI is InChI=1S/C75H110N11O24P/c1-19-53(88)37-54(63(40(4)5)110-111(103,104)106-38-50-27-29-52(30-28-50)80-67(94)51(26-23-32-77-75(76)102)36-55(89)59(39(2)3)81-57(90)31-33-86-58(91)34-42(8)68(86)95)72(99)109-64(41(6)7)61-71(98)85(17)62(47(13)105-18)74(101)107-46(12)60(79-48(14)87)73(100)108-56(35-49-24-21-20-22-25-49)70(97)84(16)44(10)65(92)78-43(9)69(96)83(15)45(11)66(93)82-61/h20-22,24-25,27-30,39-43,45-47,51,54,56,59-64H,10,19,23,26,31-38H2,1-9,11-18H3,(H,78,92)(H,79,87)(H,80,94)(H,81,90)(H,82,93)(H,103,104)(H3,76,77,102)/t42?,43-,45-,46+,47+,51+,54-,56+,59-,60-,61-,62-,63+,64+/m0/s1. The van der Waals surface area contributed by atoms with E-state index in [1.54, 1.807) is 51.1 Å². The molecule has 0 aromatic heterocycles. The third-order valence-corrected chi connectivity index (χ3v) is 20.1. The fourth-order valence-electron chi connectivity index (χ4n) is 12.2. The summed E-state index contributed by atoms with van der Waals surface area (Å²) < 4.78 is 48.9. The summed E-state index contributed by atoms with van der Waals surface area (Å²) >= 11 is 0. The predicted octanol–water partition coefficient (Wildman–Crippen LogP) is 3.06. The molecular weight excluding hydrogens is 1470 g/mol. The molecule has 111 heavy (non-hydrogen) atoms. The van der Waals surface area contributed by atoms with E-state index >= 15 is 9.59 Å². The van der Waals surface area contributed by atoms with Crippen LogP contribution in [0.5, 0.6) is 0 Å². The van der Waals surface area contributed by atoms with Gasteiger partial charge in [0, 0.05) is 104 Å². The molecule has 2 unspecified atom stereocenters. The molecule has 0 aliphatic carbocycles. The Hall–Kier alpha value is -9.83. The number of hydrogen-bond acceptors (Lipinski definition) is 23. The van der Waals surface area contributed by atoms with E-state index in [1.165, 1.54) is 101 Å². The zero-order chi connectivity index (χ0) is 83.8. The second-order valence-corrected chi connectivity index (χ2v) is 30.2. The first-order valence-corrected chi connectivity index (χ1v) is 38.2. The molecule has 15 atom stereocenters. The number of nitrogens with one attached hydrogen (secondary N) is 6. The average Bonchev–Trinajstić information content (AvgIpc) is 1.57. The molecule has 0 bridgehead atoms. The minimum Gasteiger partial charge on any atom is -0.459 e. The number of methoxy groups -OCH3 is 1. The van der Waals surface area contributed by atoms with Crippen LogP contribution in [0.4, 0.5) is 10.5 Å². The van der Waals surface area contributed by atoms with Crippen molar-refractivity contribution in [2.75, 3.05) is 46.7 Å². The average molecular weight is 1580 g/mol. The van der Waals surface area contributed by atoms with Gasteiger partial charge in [-0.3, -0.25) is 76.3 Å². The highest BCUT2D eigenvalue weighted by Crippen LogP contribution is 2.48. The molecule has 2 aromatic carbocycles. The van der Waals surface area contributed by atoms with Crippen molar-refractivity contribution >= 4 is 108 Å². The van der Waals surface area contributed by atoms with Crippen molar-refractivity contribution in [2.45, 2.75) is 215 Å². The van der Waals surface area contributed by atoms with Crippen molar-refractivity contribution in [3.05, 3.63) is 78.0 Å². The number of esters is 3. The van der Waals surface area contributed by atoms with Crippen LogP contribution >= 0.6 is 7.82 Å². The number of nitrogens with zero attached hydrogens (tertiary/aromatic N) is 4. The molecule has 0 radical (unpaired) electrons. The minimum absolute atomic E-state index is 0.0252. The van der Waals surface area contributed by atoms with Gasteiger partial charge in [-0.2, -0.15) is 0 Å². The number of carbonyl (C=O) groups is 16. The van der Waals surface area contributed by atoms with E-state index in [1.807, 2.05) is 0 Å². The number of imide groups is 1. The number of nitrogens with two attached hydrogens (primary N) is 1.